The van der Waals surface area contributed by atoms with Gasteiger partial charge in [0.05, 0.1) is 6.04 Å². The fourth-order valence-corrected chi connectivity index (χ4v) is 1.91. The standard InChI is InChI=1S/C13H21N5O/c1-7-10(14)17-12(13(2,3)4)18-11(7)16-8-5-9(19)15-6-8/h8H,5-6H2,1-4H3,(H,15,19)(H3,14,16,17,18). The molecule has 6 nitrogen and oxygen atoms in total. The number of nitrogens with zero attached hydrogens (tertiary/aromatic N) is 2. The van der Waals surface area contributed by atoms with Crippen molar-refractivity contribution in [3.05, 3.63) is 11.4 Å². The van der Waals surface area contributed by atoms with E-state index in [1.807, 2.05) is 27.7 Å². The minimum absolute atomic E-state index is 0.0632. The smallest absolute Gasteiger partial charge is 0.222 e. The van der Waals surface area contributed by atoms with E-state index < -0.39 is 0 Å². The van der Waals surface area contributed by atoms with Gasteiger partial charge in [0, 0.05) is 23.9 Å². The lowest BCUT2D eigenvalue weighted by atomic mass is 9.95. The number of nitrogens with two attached hydrogens (primary N) is 1. The van der Waals surface area contributed by atoms with Crippen LogP contribution in [0.25, 0.3) is 0 Å². The molecule has 1 atom stereocenters. The van der Waals surface area contributed by atoms with Crippen LogP contribution in [0.1, 0.15) is 38.6 Å². The summed E-state index contributed by atoms with van der Waals surface area (Å²) in [5.74, 6) is 1.97. The van der Waals surface area contributed by atoms with Crippen LogP contribution in [0, 0.1) is 6.92 Å². The second-order valence-corrected chi connectivity index (χ2v) is 6.01. The maximum Gasteiger partial charge on any atom is 0.222 e. The average molecular weight is 263 g/mol. The Morgan fingerprint density at radius 3 is 2.58 bits per heavy atom. The number of amides is 1. The van der Waals surface area contributed by atoms with Gasteiger partial charge < -0.3 is 16.4 Å². The maximum absolute atomic E-state index is 11.2. The molecule has 2 heterocycles. The largest absolute Gasteiger partial charge is 0.383 e. The van der Waals surface area contributed by atoms with E-state index in [0.717, 1.165) is 11.4 Å². The van der Waals surface area contributed by atoms with Crippen LogP contribution in [0.2, 0.25) is 0 Å². The first-order valence-electron chi connectivity index (χ1n) is 6.45. The molecule has 19 heavy (non-hydrogen) atoms. The molecule has 0 aromatic carbocycles. The molecule has 1 aliphatic heterocycles. The Labute approximate surface area is 113 Å². The third kappa shape index (κ3) is 2.94. The van der Waals surface area contributed by atoms with Gasteiger partial charge in [-0.05, 0) is 6.92 Å². The van der Waals surface area contributed by atoms with Crippen LogP contribution in [-0.2, 0) is 10.2 Å². The number of carbonyl (C=O) groups excluding carboxylic acids is 1. The van der Waals surface area contributed by atoms with Gasteiger partial charge in [-0.15, -0.1) is 0 Å². The summed E-state index contributed by atoms with van der Waals surface area (Å²) >= 11 is 0. The molecule has 1 aliphatic rings. The first-order valence-corrected chi connectivity index (χ1v) is 6.45. The van der Waals surface area contributed by atoms with E-state index in [1.54, 1.807) is 0 Å². The highest BCUT2D eigenvalue weighted by Gasteiger charge is 2.24. The fourth-order valence-electron chi connectivity index (χ4n) is 1.91. The van der Waals surface area contributed by atoms with Crippen LogP contribution in [0.3, 0.4) is 0 Å². The summed E-state index contributed by atoms with van der Waals surface area (Å²) in [5, 5.41) is 6.07. The van der Waals surface area contributed by atoms with Gasteiger partial charge in [0.2, 0.25) is 5.91 Å². The van der Waals surface area contributed by atoms with Gasteiger partial charge in [-0.25, -0.2) is 9.97 Å². The minimum atomic E-state index is -0.165. The van der Waals surface area contributed by atoms with Crippen molar-refractivity contribution in [2.45, 2.75) is 45.6 Å². The number of carbonyl (C=O) groups is 1. The second-order valence-electron chi connectivity index (χ2n) is 6.01. The third-order valence-electron chi connectivity index (χ3n) is 3.17. The minimum Gasteiger partial charge on any atom is -0.383 e. The van der Waals surface area contributed by atoms with Gasteiger partial charge in [-0.1, -0.05) is 20.8 Å². The zero-order valence-electron chi connectivity index (χ0n) is 11.9. The van der Waals surface area contributed by atoms with Gasteiger partial charge in [0.15, 0.2) is 0 Å². The van der Waals surface area contributed by atoms with Crippen molar-refractivity contribution < 1.29 is 4.79 Å². The van der Waals surface area contributed by atoms with Gasteiger partial charge in [-0.2, -0.15) is 0 Å². The van der Waals surface area contributed by atoms with E-state index in [9.17, 15) is 4.79 Å². The molecule has 0 bridgehead atoms. The SMILES string of the molecule is Cc1c(N)nc(C(C)(C)C)nc1NC1CNC(=O)C1. The predicted molar refractivity (Wildman–Crippen MR) is 74.9 cm³/mol. The lowest BCUT2D eigenvalue weighted by Crippen LogP contribution is -2.25. The molecule has 0 saturated carbocycles. The molecule has 4 N–H and O–H groups in total. The summed E-state index contributed by atoms with van der Waals surface area (Å²) in [5.41, 5.74) is 6.61. The van der Waals surface area contributed by atoms with Gasteiger partial charge in [-0.3, -0.25) is 4.79 Å². The molecule has 0 spiro atoms. The third-order valence-corrected chi connectivity index (χ3v) is 3.17. The summed E-state index contributed by atoms with van der Waals surface area (Å²) in [6.45, 7) is 8.63. The van der Waals surface area contributed by atoms with Crippen molar-refractivity contribution in [3.63, 3.8) is 0 Å². The summed E-state index contributed by atoms with van der Waals surface area (Å²) in [6, 6.07) is 0.0633. The Hall–Kier alpha value is -1.85. The molecule has 0 aliphatic carbocycles. The number of rotatable bonds is 2. The van der Waals surface area contributed by atoms with Crippen molar-refractivity contribution in [2.75, 3.05) is 17.6 Å². The first kappa shape index (κ1) is 13.6. The highest BCUT2D eigenvalue weighted by Crippen LogP contribution is 2.25. The van der Waals surface area contributed by atoms with Crippen LogP contribution >= 0.6 is 0 Å². The van der Waals surface area contributed by atoms with Crippen LogP contribution in [0.4, 0.5) is 11.6 Å². The maximum atomic E-state index is 11.2. The lowest BCUT2D eigenvalue weighted by molar-refractivity contribution is -0.119. The van der Waals surface area contributed by atoms with Gasteiger partial charge >= 0.3 is 0 Å². The monoisotopic (exact) mass is 263 g/mol. The highest BCUT2D eigenvalue weighted by molar-refractivity contribution is 5.79. The van der Waals surface area contributed by atoms with Crippen molar-refractivity contribution in [2.24, 2.45) is 0 Å². The topological polar surface area (TPSA) is 92.9 Å². The van der Waals surface area contributed by atoms with E-state index in [2.05, 4.69) is 20.6 Å². The van der Waals surface area contributed by atoms with E-state index in [1.165, 1.54) is 0 Å². The first-order chi connectivity index (χ1) is 8.77. The molecule has 1 amide bonds. The molecule has 0 radical (unpaired) electrons. The molecule has 1 fully saturated rings. The zero-order chi connectivity index (χ0) is 14.2. The molecule has 1 aromatic heterocycles. The Morgan fingerprint density at radius 2 is 2.05 bits per heavy atom. The summed E-state index contributed by atoms with van der Waals surface area (Å²) in [4.78, 5) is 20.1. The second kappa shape index (κ2) is 4.68. The predicted octanol–water partition coefficient (Wildman–Crippen LogP) is 0.965. The molecular weight excluding hydrogens is 242 g/mol. The molecule has 104 valence electrons. The number of hydrogen-bond donors (Lipinski definition) is 3. The molecule has 2 rings (SSSR count). The van der Waals surface area contributed by atoms with Crippen molar-refractivity contribution >= 4 is 17.5 Å². The zero-order valence-corrected chi connectivity index (χ0v) is 11.9. The Balaban J connectivity index is 2.28. The summed E-state index contributed by atoms with van der Waals surface area (Å²) in [7, 11) is 0. The van der Waals surface area contributed by atoms with Gasteiger partial charge in [0.25, 0.3) is 0 Å². The molecular formula is C13H21N5O. The highest BCUT2D eigenvalue weighted by atomic mass is 16.1. The molecule has 1 unspecified atom stereocenters. The number of anilines is 2. The van der Waals surface area contributed by atoms with Crippen molar-refractivity contribution in [1.82, 2.24) is 15.3 Å². The van der Waals surface area contributed by atoms with E-state index in [0.29, 0.717) is 24.6 Å². The Kier molecular flexibility index (Phi) is 3.34. The Bertz CT molecular complexity index is 506. The number of hydrogen-bond acceptors (Lipinski definition) is 5. The van der Waals surface area contributed by atoms with Gasteiger partial charge in [0.1, 0.15) is 17.5 Å². The normalized spacial score (nSPS) is 19.4. The van der Waals surface area contributed by atoms with Crippen molar-refractivity contribution in [1.29, 1.82) is 0 Å². The quantitative estimate of drug-likeness (QED) is 0.739. The number of aromatic nitrogens is 2. The van der Waals surface area contributed by atoms with Crippen LogP contribution in [0.5, 0.6) is 0 Å². The molecule has 1 aromatic rings. The number of nitrogens with one attached hydrogen (secondary N) is 2. The van der Waals surface area contributed by atoms with E-state index in [-0.39, 0.29) is 17.4 Å². The Morgan fingerprint density at radius 1 is 1.37 bits per heavy atom. The lowest BCUT2D eigenvalue weighted by Gasteiger charge is -2.21. The average Bonchev–Trinajstić information content (AvgIpc) is 2.69. The van der Waals surface area contributed by atoms with Crippen LogP contribution in [-0.4, -0.2) is 28.5 Å². The summed E-state index contributed by atoms with van der Waals surface area (Å²) < 4.78 is 0. The van der Waals surface area contributed by atoms with Crippen LogP contribution in [0.15, 0.2) is 0 Å². The van der Waals surface area contributed by atoms with E-state index >= 15 is 0 Å². The fraction of sp³-hybridized carbons (Fsp3) is 0.615. The molecule has 1 saturated heterocycles. The van der Waals surface area contributed by atoms with E-state index in [4.69, 9.17) is 5.73 Å². The molecule has 6 heteroatoms. The summed E-state index contributed by atoms with van der Waals surface area (Å²) in [6.07, 6.45) is 0.466. The number of nitrogen functional groups attached to an aromatic ring is 1. The van der Waals surface area contributed by atoms with Crippen LogP contribution < -0.4 is 16.4 Å². The van der Waals surface area contributed by atoms with Crippen molar-refractivity contribution in [3.8, 4) is 0 Å².